The molecule has 0 bridgehead atoms. The van der Waals surface area contributed by atoms with Crippen molar-refractivity contribution in [3.05, 3.63) is 107 Å². The number of nitrogens with one attached hydrogen (secondary N) is 1. The maximum atomic E-state index is 13.3. The van der Waals surface area contributed by atoms with Crippen molar-refractivity contribution >= 4 is 17.4 Å². The predicted molar refractivity (Wildman–Crippen MR) is 136 cm³/mol. The molecule has 2 N–H and O–H groups in total. The molecule has 1 heterocycles. The highest BCUT2D eigenvalue weighted by molar-refractivity contribution is 5.87. The van der Waals surface area contributed by atoms with Crippen LogP contribution in [0.25, 0.3) is 5.70 Å². The molecule has 0 saturated heterocycles. The van der Waals surface area contributed by atoms with Gasteiger partial charge in [0.2, 0.25) is 0 Å². The molecule has 37 heavy (non-hydrogen) atoms. The number of alkyl halides is 3. The van der Waals surface area contributed by atoms with Crippen molar-refractivity contribution in [3.8, 4) is 0 Å². The lowest BCUT2D eigenvalue weighted by atomic mass is 9.95. The molecule has 0 amide bonds. The number of rotatable bonds is 7. The van der Waals surface area contributed by atoms with E-state index >= 15 is 0 Å². The summed E-state index contributed by atoms with van der Waals surface area (Å²) in [7, 11) is 0. The summed E-state index contributed by atoms with van der Waals surface area (Å²) in [6.07, 6.45) is -0.414. The summed E-state index contributed by atoms with van der Waals surface area (Å²) in [6, 6.07) is 18.7. The van der Waals surface area contributed by atoms with E-state index in [-0.39, 0.29) is 16.5 Å². The van der Waals surface area contributed by atoms with Gasteiger partial charge in [-0.3, -0.25) is 0 Å². The van der Waals surface area contributed by atoms with Gasteiger partial charge in [-0.25, -0.2) is 4.79 Å². The van der Waals surface area contributed by atoms with Crippen molar-refractivity contribution in [1.29, 1.82) is 0 Å². The van der Waals surface area contributed by atoms with E-state index < -0.39 is 17.7 Å². The number of nitrogens with zero attached hydrogens (tertiary/aromatic N) is 1. The first kappa shape index (κ1) is 23.6. The molecule has 4 nitrogen and oxygen atoms in total. The molecule has 3 aliphatic rings. The fourth-order valence-corrected chi connectivity index (χ4v) is 5.76. The minimum atomic E-state index is -4.37. The Morgan fingerprint density at radius 3 is 2.32 bits per heavy atom. The Labute approximate surface area is 213 Å². The van der Waals surface area contributed by atoms with Crippen LogP contribution in [0.2, 0.25) is 0 Å². The Balaban J connectivity index is 1.30. The number of carboxylic acid groups (broad SMARTS) is 1. The van der Waals surface area contributed by atoms with Gasteiger partial charge < -0.3 is 15.3 Å². The van der Waals surface area contributed by atoms with Crippen LogP contribution in [0.3, 0.4) is 0 Å². The zero-order valence-corrected chi connectivity index (χ0v) is 20.2. The predicted octanol–water partition coefficient (Wildman–Crippen LogP) is 6.71. The molecule has 1 aliphatic heterocycles. The number of anilines is 1. The largest absolute Gasteiger partial charge is 0.478 e. The van der Waals surface area contributed by atoms with Crippen molar-refractivity contribution < 1.29 is 23.1 Å². The first-order chi connectivity index (χ1) is 17.6. The van der Waals surface area contributed by atoms with Gasteiger partial charge in [-0.15, -0.1) is 0 Å². The van der Waals surface area contributed by atoms with Crippen LogP contribution in [0.5, 0.6) is 0 Å². The summed E-state index contributed by atoms with van der Waals surface area (Å²) in [5.74, 6) is -0.955. The second-order valence-electron chi connectivity index (χ2n) is 10.6. The minimum absolute atomic E-state index is 0.0667. The molecule has 0 aromatic heterocycles. The number of para-hydroxylation sites is 1. The number of benzene rings is 3. The van der Waals surface area contributed by atoms with Crippen LogP contribution in [-0.4, -0.2) is 17.6 Å². The number of carbonyl (C=O) groups is 1. The highest BCUT2D eigenvalue weighted by atomic mass is 19.4. The van der Waals surface area contributed by atoms with Crippen molar-refractivity contribution in [2.45, 2.75) is 49.4 Å². The lowest BCUT2D eigenvalue weighted by Crippen LogP contribution is -2.28. The quantitative estimate of drug-likeness (QED) is 0.376. The average molecular weight is 505 g/mol. The molecule has 3 aromatic carbocycles. The van der Waals surface area contributed by atoms with Crippen LogP contribution >= 0.6 is 0 Å². The molecule has 2 aliphatic carbocycles. The van der Waals surface area contributed by atoms with E-state index in [0.717, 1.165) is 60.8 Å². The molecule has 0 atom stereocenters. The number of aromatic carboxylic acids is 1. The lowest BCUT2D eigenvalue weighted by Gasteiger charge is -2.26. The second kappa shape index (κ2) is 8.13. The Hall–Kier alpha value is -3.74. The molecule has 6 rings (SSSR count). The van der Waals surface area contributed by atoms with Gasteiger partial charge in [-0.1, -0.05) is 49.0 Å². The van der Waals surface area contributed by atoms with E-state index in [2.05, 4.69) is 22.9 Å². The third kappa shape index (κ3) is 4.16. The molecular formula is C30H27F3N2O2. The van der Waals surface area contributed by atoms with Crippen molar-refractivity contribution in [3.63, 3.8) is 0 Å². The molecule has 190 valence electrons. The zero-order chi connectivity index (χ0) is 26.0. The van der Waals surface area contributed by atoms with Crippen LogP contribution < -0.4 is 10.2 Å². The van der Waals surface area contributed by atoms with Gasteiger partial charge in [0.1, 0.15) is 0 Å². The lowest BCUT2D eigenvalue weighted by molar-refractivity contribution is -0.137. The third-order valence-corrected chi connectivity index (χ3v) is 8.05. The summed E-state index contributed by atoms with van der Waals surface area (Å²) < 4.78 is 40.0. The van der Waals surface area contributed by atoms with E-state index in [4.69, 9.17) is 0 Å². The number of hydrogen-bond acceptors (Lipinski definition) is 3. The van der Waals surface area contributed by atoms with Gasteiger partial charge in [0.15, 0.2) is 0 Å². The molecule has 2 fully saturated rings. The molecule has 7 heteroatoms. The zero-order valence-electron chi connectivity index (χ0n) is 20.2. The highest BCUT2D eigenvalue weighted by Gasteiger charge is 2.52. The van der Waals surface area contributed by atoms with Gasteiger partial charge in [-0.2, -0.15) is 13.2 Å². The van der Waals surface area contributed by atoms with Crippen molar-refractivity contribution in [2.24, 2.45) is 0 Å². The maximum absolute atomic E-state index is 13.3. The third-order valence-electron chi connectivity index (χ3n) is 8.05. The molecule has 0 unspecified atom stereocenters. The van der Waals surface area contributed by atoms with Gasteiger partial charge in [0, 0.05) is 29.8 Å². The first-order valence-electron chi connectivity index (χ1n) is 12.5. The normalized spacial score (nSPS) is 18.4. The van der Waals surface area contributed by atoms with Crippen molar-refractivity contribution in [2.75, 3.05) is 11.4 Å². The average Bonchev–Trinajstić information content (AvgIpc) is 3.79. The van der Waals surface area contributed by atoms with Crippen LogP contribution in [0.4, 0.5) is 18.9 Å². The highest BCUT2D eigenvalue weighted by Crippen LogP contribution is 2.58. The maximum Gasteiger partial charge on any atom is 0.416 e. The number of carboxylic acids is 1. The van der Waals surface area contributed by atoms with Crippen LogP contribution in [0, 0.1) is 0 Å². The SMILES string of the molecule is C=C(NC1(c2ccc(C(=O)O)cc2)CC1)c1cccc2c1N(Cc1cccc(C(F)(F)F)c1)CC21CC1. The summed E-state index contributed by atoms with van der Waals surface area (Å²) in [5, 5.41) is 12.8. The second-order valence-corrected chi connectivity index (χ2v) is 10.6. The summed E-state index contributed by atoms with van der Waals surface area (Å²) >= 11 is 0. The number of halogens is 3. The van der Waals surface area contributed by atoms with E-state index in [9.17, 15) is 23.1 Å². The van der Waals surface area contributed by atoms with E-state index in [1.807, 2.05) is 24.3 Å². The summed E-state index contributed by atoms with van der Waals surface area (Å²) in [5.41, 5.74) is 5.06. The molecule has 0 radical (unpaired) electrons. The molecule has 2 saturated carbocycles. The molecular weight excluding hydrogens is 477 g/mol. The summed E-state index contributed by atoms with van der Waals surface area (Å²) in [6.45, 7) is 5.55. The first-order valence-corrected chi connectivity index (χ1v) is 12.5. The Kier molecular flexibility index (Phi) is 5.20. The van der Waals surface area contributed by atoms with E-state index in [0.29, 0.717) is 12.1 Å². The Morgan fingerprint density at radius 1 is 1.00 bits per heavy atom. The molecule has 1 spiro atoms. The smallest absolute Gasteiger partial charge is 0.416 e. The van der Waals surface area contributed by atoms with E-state index in [1.54, 1.807) is 18.2 Å². The van der Waals surface area contributed by atoms with Gasteiger partial charge in [0.25, 0.3) is 0 Å². The van der Waals surface area contributed by atoms with Gasteiger partial charge in [-0.05, 0) is 66.6 Å². The number of hydrogen-bond donors (Lipinski definition) is 2. The fourth-order valence-electron chi connectivity index (χ4n) is 5.76. The van der Waals surface area contributed by atoms with E-state index in [1.165, 1.54) is 17.7 Å². The van der Waals surface area contributed by atoms with Crippen LogP contribution in [0.1, 0.15) is 63.9 Å². The Bertz CT molecular complexity index is 1400. The van der Waals surface area contributed by atoms with Gasteiger partial charge in [0.05, 0.1) is 22.4 Å². The fraction of sp³-hybridized carbons (Fsp3) is 0.300. The monoisotopic (exact) mass is 504 g/mol. The minimum Gasteiger partial charge on any atom is -0.478 e. The van der Waals surface area contributed by atoms with Gasteiger partial charge >= 0.3 is 12.1 Å². The standard InChI is InChI=1S/C30H27F3N2O2/c1-19(34-29(14-15-29)22-10-8-21(9-11-22)27(36)37)24-6-3-7-25-26(24)35(18-28(25)12-13-28)17-20-4-2-5-23(16-20)30(31,32)33/h2-11,16,34H,1,12-15,17-18H2,(H,36,37). The number of fused-ring (bicyclic) bond motifs is 2. The summed E-state index contributed by atoms with van der Waals surface area (Å²) in [4.78, 5) is 13.5. The molecule has 3 aromatic rings. The van der Waals surface area contributed by atoms with Crippen LogP contribution in [0.15, 0.2) is 73.3 Å². The Morgan fingerprint density at radius 2 is 1.70 bits per heavy atom. The van der Waals surface area contributed by atoms with Crippen molar-refractivity contribution in [1.82, 2.24) is 5.32 Å². The van der Waals surface area contributed by atoms with Crippen LogP contribution in [-0.2, 0) is 23.7 Å². The topological polar surface area (TPSA) is 52.6 Å².